The Balaban J connectivity index is 1.21. The maximum Gasteiger partial charge on any atom is 0.410 e. The van der Waals surface area contributed by atoms with Crippen LogP contribution in [0.3, 0.4) is 0 Å². The van der Waals surface area contributed by atoms with E-state index in [1.807, 2.05) is 51.1 Å². The lowest BCUT2D eigenvalue weighted by Crippen LogP contribution is -2.41. The quantitative estimate of drug-likeness (QED) is 0.473. The summed E-state index contributed by atoms with van der Waals surface area (Å²) in [5.41, 5.74) is 1.80. The van der Waals surface area contributed by atoms with E-state index < -0.39 is 5.60 Å². The van der Waals surface area contributed by atoms with Gasteiger partial charge in [0.15, 0.2) is 0 Å². The number of benzene rings is 2. The van der Waals surface area contributed by atoms with Gasteiger partial charge in [-0.1, -0.05) is 23.7 Å². The summed E-state index contributed by atoms with van der Waals surface area (Å²) in [7, 11) is 0. The lowest BCUT2D eigenvalue weighted by molar-refractivity contribution is 0.0204. The fraction of sp³-hybridized carbons (Fsp3) is 0.500. The molecule has 1 saturated heterocycles. The Kier molecular flexibility index (Phi) is 8.83. The Morgan fingerprint density at radius 1 is 1.00 bits per heavy atom. The number of carbonyl (C=O) groups is 2. The molecule has 2 amide bonds. The van der Waals surface area contributed by atoms with Gasteiger partial charge < -0.3 is 19.7 Å². The van der Waals surface area contributed by atoms with Crippen molar-refractivity contribution in [3.63, 3.8) is 0 Å². The normalized spacial score (nSPS) is 20.3. The van der Waals surface area contributed by atoms with Crippen LogP contribution in [0.1, 0.15) is 86.7 Å². The van der Waals surface area contributed by atoms with Gasteiger partial charge in [0.05, 0.1) is 16.7 Å². The summed E-state index contributed by atoms with van der Waals surface area (Å²) in [6.45, 7) is 6.99. The third-order valence-electron chi connectivity index (χ3n) is 7.16. The van der Waals surface area contributed by atoms with E-state index in [4.69, 9.17) is 26.3 Å². The molecular formula is C30H36ClN3O4. The predicted octanol–water partition coefficient (Wildman–Crippen LogP) is 6.45. The van der Waals surface area contributed by atoms with Gasteiger partial charge >= 0.3 is 6.09 Å². The zero-order chi connectivity index (χ0) is 27.3. The number of nitrogens with zero attached hydrogens (tertiary/aromatic N) is 2. The molecule has 2 aromatic rings. The molecular weight excluding hydrogens is 502 g/mol. The van der Waals surface area contributed by atoms with E-state index in [1.54, 1.807) is 23.1 Å². The second-order valence-corrected chi connectivity index (χ2v) is 11.6. The van der Waals surface area contributed by atoms with Crippen molar-refractivity contribution >= 4 is 23.6 Å². The van der Waals surface area contributed by atoms with Gasteiger partial charge in [0, 0.05) is 30.8 Å². The number of amides is 2. The highest BCUT2D eigenvalue weighted by Crippen LogP contribution is 2.30. The maximum atomic E-state index is 12.9. The first-order valence-electron chi connectivity index (χ1n) is 13.4. The van der Waals surface area contributed by atoms with E-state index in [2.05, 4.69) is 5.32 Å². The average Bonchev–Trinajstić information content (AvgIpc) is 2.89. The molecule has 0 aromatic heterocycles. The number of piperidine rings is 1. The van der Waals surface area contributed by atoms with Gasteiger partial charge in [0.1, 0.15) is 17.4 Å². The lowest BCUT2D eigenvalue weighted by atomic mass is 9.89. The molecule has 2 fully saturated rings. The highest BCUT2D eigenvalue weighted by molar-refractivity contribution is 6.31. The van der Waals surface area contributed by atoms with Crippen molar-refractivity contribution in [2.24, 2.45) is 0 Å². The highest BCUT2D eigenvalue weighted by atomic mass is 35.5. The monoisotopic (exact) mass is 537 g/mol. The summed E-state index contributed by atoms with van der Waals surface area (Å²) >= 11 is 6.11. The minimum Gasteiger partial charge on any atom is -0.490 e. The molecule has 4 rings (SSSR count). The van der Waals surface area contributed by atoms with E-state index >= 15 is 0 Å². The fourth-order valence-corrected chi connectivity index (χ4v) is 5.29. The second kappa shape index (κ2) is 12.1. The number of nitriles is 1. The van der Waals surface area contributed by atoms with E-state index in [0.717, 1.165) is 38.5 Å². The highest BCUT2D eigenvalue weighted by Gasteiger charge is 2.28. The van der Waals surface area contributed by atoms with Crippen molar-refractivity contribution in [3.8, 4) is 11.8 Å². The number of carbonyl (C=O) groups excluding carboxylic acids is 2. The van der Waals surface area contributed by atoms with Gasteiger partial charge in [-0.25, -0.2) is 4.79 Å². The van der Waals surface area contributed by atoms with Crippen LogP contribution in [0.4, 0.5) is 4.79 Å². The lowest BCUT2D eigenvalue weighted by Gasteiger charge is -2.33. The number of likely N-dealkylation sites (tertiary alicyclic amines) is 1. The molecule has 1 N–H and O–H groups in total. The molecule has 2 aliphatic rings. The van der Waals surface area contributed by atoms with Crippen molar-refractivity contribution < 1.29 is 19.1 Å². The molecule has 1 heterocycles. The Morgan fingerprint density at radius 2 is 1.66 bits per heavy atom. The third-order valence-corrected chi connectivity index (χ3v) is 7.48. The molecule has 2 aromatic carbocycles. The molecule has 202 valence electrons. The number of hydrogen-bond donors (Lipinski definition) is 1. The van der Waals surface area contributed by atoms with Gasteiger partial charge in [0.2, 0.25) is 0 Å². The van der Waals surface area contributed by atoms with Crippen LogP contribution in [0.15, 0.2) is 42.5 Å². The summed E-state index contributed by atoms with van der Waals surface area (Å²) < 4.78 is 11.5. The number of nitrogens with one attached hydrogen (secondary N) is 1. The van der Waals surface area contributed by atoms with Crippen LogP contribution < -0.4 is 10.1 Å². The number of hydrogen-bond acceptors (Lipinski definition) is 5. The van der Waals surface area contributed by atoms with E-state index in [9.17, 15) is 9.59 Å². The second-order valence-electron chi connectivity index (χ2n) is 11.2. The van der Waals surface area contributed by atoms with Crippen LogP contribution in [0, 0.1) is 11.3 Å². The molecule has 8 heteroatoms. The summed E-state index contributed by atoms with van der Waals surface area (Å²) in [6, 6.07) is 15.2. The number of halogens is 1. The van der Waals surface area contributed by atoms with E-state index in [0.29, 0.717) is 40.9 Å². The Bertz CT molecular complexity index is 1170. The topological polar surface area (TPSA) is 91.7 Å². The van der Waals surface area contributed by atoms with Crippen molar-refractivity contribution in [1.29, 1.82) is 5.26 Å². The Morgan fingerprint density at radius 3 is 2.24 bits per heavy atom. The minimum absolute atomic E-state index is 0.0560. The molecule has 1 aliphatic carbocycles. The van der Waals surface area contributed by atoms with E-state index in [-0.39, 0.29) is 24.1 Å². The zero-order valence-corrected chi connectivity index (χ0v) is 23.1. The fourth-order valence-electron chi connectivity index (χ4n) is 5.07. The van der Waals surface area contributed by atoms with Gasteiger partial charge in [-0.3, -0.25) is 4.79 Å². The minimum atomic E-state index is -0.488. The number of rotatable bonds is 5. The SMILES string of the molecule is CC(C)(C)OC(=O)N1CCC(c2ccc(C(=O)NC3CCC(Oc4ccc(C#N)c(Cl)c4)CC3)cc2)CC1. The molecule has 1 saturated carbocycles. The van der Waals surface area contributed by atoms with Gasteiger partial charge in [-0.15, -0.1) is 0 Å². The average molecular weight is 538 g/mol. The molecule has 0 radical (unpaired) electrons. The molecule has 0 unspecified atom stereocenters. The van der Waals surface area contributed by atoms with Gasteiger partial charge in [0.25, 0.3) is 5.91 Å². The Hall–Kier alpha value is -3.24. The maximum absolute atomic E-state index is 12.9. The van der Waals surface area contributed by atoms with Crippen molar-refractivity contribution in [1.82, 2.24) is 10.2 Å². The van der Waals surface area contributed by atoms with Crippen molar-refractivity contribution in [2.45, 2.75) is 83.0 Å². The van der Waals surface area contributed by atoms with E-state index in [1.165, 1.54) is 5.56 Å². The largest absolute Gasteiger partial charge is 0.490 e. The van der Waals surface area contributed by atoms with Gasteiger partial charge in [-0.05, 0) is 95.0 Å². The van der Waals surface area contributed by atoms with Gasteiger partial charge in [-0.2, -0.15) is 5.26 Å². The first kappa shape index (κ1) is 27.8. The van der Waals surface area contributed by atoms with Crippen molar-refractivity contribution in [3.05, 3.63) is 64.2 Å². The van der Waals surface area contributed by atoms with Crippen LogP contribution in [-0.4, -0.2) is 47.7 Å². The molecule has 38 heavy (non-hydrogen) atoms. The molecule has 7 nitrogen and oxygen atoms in total. The van der Waals surface area contributed by atoms with Crippen LogP contribution in [-0.2, 0) is 4.74 Å². The first-order valence-corrected chi connectivity index (χ1v) is 13.7. The summed E-state index contributed by atoms with van der Waals surface area (Å²) in [4.78, 5) is 27.0. The zero-order valence-electron chi connectivity index (χ0n) is 22.3. The van der Waals surface area contributed by atoms with Crippen LogP contribution in [0.5, 0.6) is 5.75 Å². The smallest absolute Gasteiger partial charge is 0.410 e. The first-order chi connectivity index (χ1) is 18.1. The summed E-state index contributed by atoms with van der Waals surface area (Å²) in [5, 5.41) is 12.6. The molecule has 0 spiro atoms. The number of ether oxygens (including phenoxy) is 2. The standard InChI is InChI=1S/C30H36ClN3O4/c1-30(2,3)38-29(36)34-16-14-21(15-17-34)20-4-6-22(7-5-20)28(35)33-24-9-12-25(13-10-24)37-26-11-8-23(19-32)27(31)18-26/h4-8,11,18,21,24-25H,9-10,12-17H2,1-3H3,(H,33,35). The molecule has 0 atom stereocenters. The van der Waals surface area contributed by atoms with Crippen molar-refractivity contribution in [2.75, 3.05) is 13.1 Å². The third kappa shape index (κ3) is 7.41. The predicted molar refractivity (Wildman–Crippen MR) is 147 cm³/mol. The summed E-state index contributed by atoms with van der Waals surface area (Å²) in [5.74, 6) is 0.976. The molecule has 0 bridgehead atoms. The Labute approximate surface area is 230 Å². The summed E-state index contributed by atoms with van der Waals surface area (Å²) in [6.07, 6.45) is 4.93. The van der Waals surface area contributed by atoms with Crippen LogP contribution in [0.2, 0.25) is 5.02 Å². The van der Waals surface area contributed by atoms with Crippen LogP contribution >= 0.6 is 11.6 Å². The molecule has 1 aliphatic heterocycles. The van der Waals surface area contributed by atoms with Crippen LogP contribution in [0.25, 0.3) is 0 Å².